The van der Waals surface area contributed by atoms with Crippen molar-refractivity contribution in [2.75, 3.05) is 50.8 Å². The molecule has 0 bridgehead atoms. The summed E-state index contributed by atoms with van der Waals surface area (Å²) in [6.45, 7) is 9.33. The Bertz CT molecular complexity index is 1150. The van der Waals surface area contributed by atoms with E-state index in [0.29, 0.717) is 19.1 Å². The summed E-state index contributed by atoms with van der Waals surface area (Å²) < 4.78 is 11.7. The van der Waals surface area contributed by atoms with Gasteiger partial charge in [-0.3, -0.25) is 9.69 Å². The summed E-state index contributed by atoms with van der Waals surface area (Å²) in [4.78, 5) is 20.2. The molecular weight excluding hydrogens is 474 g/mol. The number of benzene rings is 3. The number of nitrogens with zero attached hydrogens (tertiary/aromatic N) is 3. The van der Waals surface area contributed by atoms with Crippen LogP contribution in [0.5, 0.6) is 11.5 Å². The molecule has 38 heavy (non-hydrogen) atoms. The maximum absolute atomic E-state index is 13.3. The number of hydrogen-bond donors (Lipinski definition) is 0. The van der Waals surface area contributed by atoms with Crippen LogP contribution < -0.4 is 14.4 Å². The van der Waals surface area contributed by atoms with E-state index in [1.807, 2.05) is 37.3 Å². The Morgan fingerprint density at radius 2 is 1.45 bits per heavy atom. The zero-order chi connectivity index (χ0) is 26.2. The Hall–Kier alpha value is -3.51. The topological polar surface area (TPSA) is 45.2 Å². The molecule has 2 aliphatic heterocycles. The van der Waals surface area contributed by atoms with E-state index >= 15 is 0 Å². The number of carbonyl (C=O) groups is 1. The van der Waals surface area contributed by atoms with Gasteiger partial charge in [0.15, 0.2) is 0 Å². The molecule has 200 valence electrons. The van der Waals surface area contributed by atoms with Crippen LogP contribution >= 0.6 is 0 Å². The summed E-state index contributed by atoms with van der Waals surface area (Å²) in [5.74, 6) is 2.30. The van der Waals surface area contributed by atoms with Crippen LogP contribution in [-0.2, 0) is 17.9 Å². The van der Waals surface area contributed by atoms with E-state index < -0.39 is 0 Å². The highest BCUT2D eigenvalue weighted by Gasteiger charge is 2.31. The summed E-state index contributed by atoms with van der Waals surface area (Å²) in [5, 5.41) is 0. The lowest BCUT2D eigenvalue weighted by Crippen LogP contribution is -2.51. The Balaban J connectivity index is 1.05. The highest BCUT2D eigenvalue weighted by Crippen LogP contribution is 2.29. The normalized spacial score (nSPS) is 16.9. The molecule has 2 heterocycles. The van der Waals surface area contributed by atoms with Crippen molar-refractivity contribution in [3.05, 3.63) is 90.0 Å². The lowest BCUT2D eigenvalue weighted by atomic mass is 9.94. The number of rotatable bonds is 9. The van der Waals surface area contributed by atoms with Crippen LogP contribution in [0.1, 0.15) is 30.9 Å². The number of likely N-dealkylation sites (tertiary alicyclic amines) is 1. The zero-order valence-electron chi connectivity index (χ0n) is 22.4. The van der Waals surface area contributed by atoms with Gasteiger partial charge in [-0.25, -0.2) is 0 Å². The summed E-state index contributed by atoms with van der Waals surface area (Å²) in [6, 6.07) is 26.9. The molecule has 0 spiro atoms. The average molecular weight is 514 g/mol. The fourth-order valence-electron chi connectivity index (χ4n) is 5.45. The summed E-state index contributed by atoms with van der Waals surface area (Å²) in [7, 11) is 0. The first-order valence-corrected chi connectivity index (χ1v) is 13.9. The second-order valence-corrected chi connectivity index (χ2v) is 10.2. The fourth-order valence-corrected chi connectivity index (χ4v) is 5.45. The predicted molar refractivity (Wildman–Crippen MR) is 152 cm³/mol. The first kappa shape index (κ1) is 26.1. The number of anilines is 1. The van der Waals surface area contributed by atoms with E-state index in [1.54, 1.807) is 0 Å². The maximum atomic E-state index is 13.3. The number of hydrogen-bond acceptors (Lipinski definition) is 5. The first-order chi connectivity index (χ1) is 18.7. The molecule has 0 saturated carbocycles. The first-order valence-electron chi connectivity index (χ1n) is 13.9. The monoisotopic (exact) mass is 513 g/mol. The van der Waals surface area contributed by atoms with Gasteiger partial charge in [0.05, 0.1) is 12.3 Å². The van der Waals surface area contributed by atoms with Crippen molar-refractivity contribution in [1.82, 2.24) is 9.80 Å². The van der Waals surface area contributed by atoms with Crippen LogP contribution in [0.15, 0.2) is 78.9 Å². The maximum Gasteiger partial charge on any atom is 0.225 e. The van der Waals surface area contributed by atoms with Crippen LogP contribution in [0, 0.1) is 5.92 Å². The third-order valence-electron chi connectivity index (χ3n) is 7.61. The molecule has 6 heteroatoms. The van der Waals surface area contributed by atoms with Crippen molar-refractivity contribution in [3.8, 4) is 11.5 Å². The Kier molecular flexibility index (Phi) is 8.82. The van der Waals surface area contributed by atoms with Gasteiger partial charge in [-0.1, -0.05) is 54.6 Å². The fraction of sp³-hybridized carbons (Fsp3) is 0.406. The standard InChI is InChI=1S/C32H39N3O3/c1-2-37-31-11-7-6-10-30(31)34-20-22-35(23-21-34)32(36)28-16-18-33(19-17-28)24-26-12-14-29(15-13-26)38-25-27-8-4-3-5-9-27/h3-15,28H,2,16-25H2,1H3. The minimum atomic E-state index is 0.141. The summed E-state index contributed by atoms with van der Waals surface area (Å²) in [5.41, 5.74) is 3.58. The quantitative estimate of drug-likeness (QED) is 0.392. The second-order valence-electron chi connectivity index (χ2n) is 10.2. The zero-order valence-corrected chi connectivity index (χ0v) is 22.4. The summed E-state index contributed by atoms with van der Waals surface area (Å²) >= 11 is 0. The molecule has 5 rings (SSSR count). The molecule has 3 aromatic carbocycles. The largest absolute Gasteiger partial charge is 0.492 e. The van der Waals surface area contributed by atoms with Crippen LogP contribution in [0.2, 0.25) is 0 Å². The molecule has 3 aromatic rings. The van der Waals surface area contributed by atoms with Crippen molar-refractivity contribution in [1.29, 1.82) is 0 Å². The average Bonchev–Trinajstić information content (AvgIpc) is 2.98. The van der Waals surface area contributed by atoms with Crippen LogP contribution in [-0.4, -0.2) is 61.6 Å². The molecule has 0 aromatic heterocycles. The van der Waals surface area contributed by atoms with Gasteiger partial charge in [0, 0.05) is 38.6 Å². The lowest BCUT2D eigenvalue weighted by molar-refractivity contribution is -0.137. The van der Waals surface area contributed by atoms with E-state index in [0.717, 1.165) is 75.8 Å². The molecular formula is C32H39N3O3. The molecule has 0 N–H and O–H groups in total. The van der Waals surface area contributed by atoms with Crippen LogP contribution in [0.25, 0.3) is 0 Å². The van der Waals surface area contributed by atoms with Crippen molar-refractivity contribution in [2.45, 2.75) is 32.9 Å². The van der Waals surface area contributed by atoms with E-state index in [2.05, 4.69) is 63.2 Å². The predicted octanol–water partition coefficient (Wildman–Crippen LogP) is 5.23. The molecule has 6 nitrogen and oxygen atoms in total. The number of carbonyl (C=O) groups excluding carboxylic acids is 1. The van der Waals surface area contributed by atoms with Crippen molar-refractivity contribution in [3.63, 3.8) is 0 Å². The van der Waals surface area contributed by atoms with Gasteiger partial charge in [-0.05, 0) is 68.2 Å². The minimum absolute atomic E-state index is 0.141. The van der Waals surface area contributed by atoms with Gasteiger partial charge in [0.1, 0.15) is 18.1 Å². The van der Waals surface area contributed by atoms with Gasteiger partial charge < -0.3 is 19.3 Å². The number of para-hydroxylation sites is 2. The molecule has 0 unspecified atom stereocenters. The van der Waals surface area contributed by atoms with Crippen LogP contribution in [0.4, 0.5) is 5.69 Å². The number of ether oxygens (including phenoxy) is 2. The van der Waals surface area contributed by atoms with E-state index in [-0.39, 0.29) is 5.92 Å². The van der Waals surface area contributed by atoms with Gasteiger partial charge in [0.2, 0.25) is 5.91 Å². The van der Waals surface area contributed by atoms with Gasteiger partial charge in [-0.2, -0.15) is 0 Å². The Morgan fingerprint density at radius 3 is 2.16 bits per heavy atom. The summed E-state index contributed by atoms with van der Waals surface area (Å²) in [6.07, 6.45) is 1.87. The molecule has 2 aliphatic rings. The van der Waals surface area contributed by atoms with Gasteiger partial charge in [-0.15, -0.1) is 0 Å². The third kappa shape index (κ3) is 6.67. The van der Waals surface area contributed by atoms with E-state index in [4.69, 9.17) is 9.47 Å². The smallest absolute Gasteiger partial charge is 0.225 e. The second kappa shape index (κ2) is 12.8. The molecule has 0 aliphatic carbocycles. The van der Waals surface area contributed by atoms with Crippen molar-refractivity contribution in [2.24, 2.45) is 5.92 Å². The highest BCUT2D eigenvalue weighted by molar-refractivity contribution is 5.79. The molecule has 2 fully saturated rings. The van der Waals surface area contributed by atoms with Gasteiger partial charge in [0.25, 0.3) is 0 Å². The number of piperidine rings is 1. The van der Waals surface area contributed by atoms with Crippen molar-refractivity contribution < 1.29 is 14.3 Å². The van der Waals surface area contributed by atoms with Gasteiger partial charge >= 0.3 is 0 Å². The lowest BCUT2D eigenvalue weighted by Gasteiger charge is -2.39. The minimum Gasteiger partial charge on any atom is -0.492 e. The number of piperazine rings is 1. The molecule has 0 atom stereocenters. The molecule has 1 amide bonds. The molecule has 2 saturated heterocycles. The number of amides is 1. The molecule has 0 radical (unpaired) electrons. The highest BCUT2D eigenvalue weighted by atomic mass is 16.5. The van der Waals surface area contributed by atoms with Crippen molar-refractivity contribution >= 4 is 11.6 Å². The van der Waals surface area contributed by atoms with E-state index in [1.165, 1.54) is 11.1 Å². The third-order valence-corrected chi connectivity index (χ3v) is 7.61. The van der Waals surface area contributed by atoms with E-state index in [9.17, 15) is 4.79 Å². The SMILES string of the molecule is CCOc1ccccc1N1CCN(C(=O)C2CCN(Cc3ccc(OCc4ccccc4)cc3)CC2)CC1. The van der Waals surface area contributed by atoms with Crippen LogP contribution in [0.3, 0.4) is 0 Å². The Labute approximate surface area is 226 Å². The Morgan fingerprint density at radius 1 is 0.763 bits per heavy atom.